The van der Waals surface area contributed by atoms with Crippen LogP contribution in [-0.2, 0) is 12.6 Å². The smallest absolute Gasteiger partial charge is 0.129 e. The van der Waals surface area contributed by atoms with Gasteiger partial charge in [0.1, 0.15) is 5.60 Å². The molecule has 2 aliphatic rings. The highest BCUT2D eigenvalue weighted by Gasteiger charge is 2.38. The average Bonchev–Trinajstić information content (AvgIpc) is 3.16. The van der Waals surface area contributed by atoms with E-state index in [2.05, 4.69) is 21.3 Å². The van der Waals surface area contributed by atoms with Crippen molar-refractivity contribution in [2.75, 3.05) is 26.2 Å². The number of benzene rings is 1. The number of fused-ring (bicyclic) bond motifs is 2. The van der Waals surface area contributed by atoms with E-state index in [0.717, 1.165) is 54.1 Å². The summed E-state index contributed by atoms with van der Waals surface area (Å²) in [5.41, 5.74) is 3.90. The predicted octanol–water partition coefficient (Wildman–Crippen LogP) is 3.88. The molecule has 1 aliphatic carbocycles. The molecule has 2 N–H and O–H groups in total. The first kappa shape index (κ1) is 21.6. The fourth-order valence-corrected chi connectivity index (χ4v) is 5.21. The molecule has 8 heteroatoms. The summed E-state index contributed by atoms with van der Waals surface area (Å²) in [5, 5.41) is 16.5. The quantitative estimate of drug-likeness (QED) is 0.609. The van der Waals surface area contributed by atoms with Crippen molar-refractivity contribution in [2.45, 2.75) is 18.6 Å². The van der Waals surface area contributed by atoms with Gasteiger partial charge in [-0.25, -0.2) is 4.98 Å². The van der Waals surface area contributed by atoms with Crippen molar-refractivity contribution >= 4 is 34.9 Å². The number of nitrogens with one attached hydrogen (secondary N) is 1. The molecular weight excluding hydrogens is 445 g/mol. The largest absolute Gasteiger partial charge is 0.379 e. The number of hydrogen-bond acceptors (Lipinski definition) is 5. The minimum atomic E-state index is -1.32. The number of aromatic nitrogens is 3. The van der Waals surface area contributed by atoms with Crippen LogP contribution in [0.25, 0.3) is 11.6 Å². The van der Waals surface area contributed by atoms with Crippen LogP contribution in [0.4, 0.5) is 0 Å². The third kappa shape index (κ3) is 3.66. The van der Waals surface area contributed by atoms with Crippen molar-refractivity contribution in [1.29, 1.82) is 0 Å². The maximum absolute atomic E-state index is 11.9. The summed E-state index contributed by atoms with van der Waals surface area (Å²) in [5.74, 6) is 0. The molecule has 3 aromatic rings. The Morgan fingerprint density at radius 2 is 1.91 bits per heavy atom. The SMILES string of the molecule is Cn1cncc1C(C)(O)C1=Cc2cc(Cl)cnc2[C@H](N2CCNCC2)c2ccc(Cl)cc21. The number of imidazole rings is 1. The molecule has 0 bridgehead atoms. The van der Waals surface area contributed by atoms with Gasteiger partial charge in [-0.2, -0.15) is 0 Å². The van der Waals surface area contributed by atoms with Crippen LogP contribution in [0.5, 0.6) is 0 Å². The maximum Gasteiger partial charge on any atom is 0.129 e. The Morgan fingerprint density at radius 3 is 2.62 bits per heavy atom. The van der Waals surface area contributed by atoms with Gasteiger partial charge < -0.3 is 15.0 Å². The maximum atomic E-state index is 11.9. The van der Waals surface area contributed by atoms with Crippen molar-refractivity contribution in [3.63, 3.8) is 0 Å². The molecule has 1 saturated heterocycles. The Labute approximate surface area is 197 Å². The summed E-state index contributed by atoms with van der Waals surface area (Å²) in [6.07, 6.45) is 7.08. The fourth-order valence-electron chi connectivity index (χ4n) is 4.87. The molecule has 1 unspecified atom stereocenters. The van der Waals surface area contributed by atoms with Crippen molar-refractivity contribution in [3.8, 4) is 0 Å². The standard InChI is InChI=1S/C24H25Cl2N5O/c1-24(32,21-13-28-14-30(21)2)20-10-15-9-17(26)12-29-22(15)23(31-7-5-27-6-8-31)18-4-3-16(25)11-19(18)20/h3-4,9-14,23,27,32H,5-8H2,1-2H3/t23-,24?/m1/s1. The zero-order chi connectivity index (χ0) is 22.5. The Balaban J connectivity index is 1.79. The van der Waals surface area contributed by atoms with Crippen LogP contribution in [0.15, 0.2) is 43.0 Å². The van der Waals surface area contributed by atoms with Crippen molar-refractivity contribution in [2.24, 2.45) is 7.05 Å². The van der Waals surface area contributed by atoms with Gasteiger partial charge in [-0.3, -0.25) is 9.88 Å². The number of pyridine rings is 1. The summed E-state index contributed by atoms with van der Waals surface area (Å²) in [7, 11) is 1.88. The lowest BCUT2D eigenvalue weighted by atomic mass is 9.84. The molecule has 166 valence electrons. The Bertz CT molecular complexity index is 1200. The first-order chi connectivity index (χ1) is 15.4. The van der Waals surface area contributed by atoms with Crippen LogP contribution in [0.1, 0.15) is 41.0 Å². The normalized spacial score (nSPS) is 20.7. The van der Waals surface area contributed by atoms with Crippen LogP contribution >= 0.6 is 23.2 Å². The number of halogens is 2. The molecule has 0 radical (unpaired) electrons. The predicted molar refractivity (Wildman–Crippen MR) is 128 cm³/mol. The third-order valence-electron chi connectivity index (χ3n) is 6.43. The highest BCUT2D eigenvalue weighted by atomic mass is 35.5. The highest BCUT2D eigenvalue weighted by molar-refractivity contribution is 6.31. The van der Waals surface area contributed by atoms with E-state index in [1.165, 1.54) is 0 Å². The molecule has 3 heterocycles. The van der Waals surface area contributed by atoms with Gasteiger partial charge in [0.15, 0.2) is 0 Å². The average molecular weight is 470 g/mol. The summed E-state index contributed by atoms with van der Waals surface area (Å²) in [6, 6.07) is 7.76. The van der Waals surface area contributed by atoms with Crippen molar-refractivity contribution < 1.29 is 5.11 Å². The monoisotopic (exact) mass is 469 g/mol. The lowest BCUT2D eigenvalue weighted by Gasteiger charge is -2.36. The Kier molecular flexibility index (Phi) is 5.60. The van der Waals surface area contributed by atoms with E-state index in [0.29, 0.717) is 15.7 Å². The van der Waals surface area contributed by atoms with Crippen LogP contribution in [0, 0.1) is 0 Å². The van der Waals surface area contributed by atoms with Crippen LogP contribution in [-0.4, -0.2) is 50.7 Å². The second-order valence-electron chi connectivity index (χ2n) is 8.57. The molecule has 32 heavy (non-hydrogen) atoms. The van der Waals surface area contributed by atoms with Gasteiger partial charge in [0, 0.05) is 44.4 Å². The minimum absolute atomic E-state index is 0.0762. The lowest BCUT2D eigenvalue weighted by Crippen LogP contribution is -2.45. The Morgan fingerprint density at radius 1 is 1.12 bits per heavy atom. The number of aliphatic hydroxyl groups is 1. The number of hydrogen-bond donors (Lipinski definition) is 2. The Hall–Kier alpha value is -2.22. The molecule has 1 fully saturated rings. The lowest BCUT2D eigenvalue weighted by molar-refractivity contribution is 0.114. The zero-order valence-corrected chi connectivity index (χ0v) is 19.5. The molecule has 2 atom stereocenters. The van der Waals surface area contributed by atoms with Gasteiger partial charge in [0.05, 0.1) is 35.0 Å². The zero-order valence-electron chi connectivity index (χ0n) is 18.0. The first-order valence-corrected chi connectivity index (χ1v) is 11.4. The number of rotatable bonds is 3. The molecule has 2 aromatic heterocycles. The van der Waals surface area contributed by atoms with E-state index in [4.69, 9.17) is 28.2 Å². The topological polar surface area (TPSA) is 66.2 Å². The molecule has 5 rings (SSSR count). The van der Waals surface area contributed by atoms with E-state index in [1.807, 2.05) is 35.9 Å². The van der Waals surface area contributed by atoms with Gasteiger partial charge in [-0.15, -0.1) is 0 Å². The number of nitrogens with zero attached hydrogens (tertiary/aromatic N) is 4. The van der Waals surface area contributed by atoms with Gasteiger partial charge in [0.25, 0.3) is 0 Å². The van der Waals surface area contributed by atoms with E-state index in [1.54, 1.807) is 25.6 Å². The molecule has 0 saturated carbocycles. The second kappa shape index (κ2) is 8.28. The van der Waals surface area contributed by atoms with Gasteiger partial charge in [-0.1, -0.05) is 29.3 Å². The summed E-state index contributed by atoms with van der Waals surface area (Å²) in [6.45, 7) is 5.40. The molecule has 1 aromatic carbocycles. The number of piperazine rings is 1. The van der Waals surface area contributed by atoms with Gasteiger partial charge in [0.2, 0.25) is 0 Å². The fraction of sp³-hybridized carbons (Fsp3) is 0.333. The van der Waals surface area contributed by atoms with Crippen LogP contribution in [0.2, 0.25) is 10.0 Å². The first-order valence-electron chi connectivity index (χ1n) is 10.7. The van der Waals surface area contributed by atoms with Crippen LogP contribution < -0.4 is 5.32 Å². The molecule has 6 nitrogen and oxygen atoms in total. The van der Waals surface area contributed by atoms with Crippen molar-refractivity contribution in [3.05, 3.63) is 81.1 Å². The van der Waals surface area contributed by atoms with E-state index in [-0.39, 0.29) is 6.04 Å². The minimum Gasteiger partial charge on any atom is -0.379 e. The second-order valence-corrected chi connectivity index (χ2v) is 9.44. The molecular formula is C24H25Cl2N5O. The summed E-state index contributed by atoms with van der Waals surface area (Å²) < 4.78 is 1.83. The molecule has 0 amide bonds. The summed E-state index contributed by atoms with van der Waals surface area (Å²) >= 11 is 12.9. The van der Waals surface area contributed by atoms with Gasteiger partial charge >= 0.3 is 0 Å². The van der Waals surface area contributed by atoms with E-state index in [9.17, 15) is 5.11 Å². The van der Waals surface area contributed by atoms with Crippen LogP contribution in [0.3, 0.4) is 0 Å². The highest BCUT2D eigenvalue weighted by Crippen LogP contribution is 2.46. The van der Waals surface area contributed by atoms with Crippen molar-refractivity contribution in [1.82, 2.24) is 24.8 Å². The van der Waals surface area contributed by atoms with E-state index >= 15 is 0 Å². The number of aryl methyl sites for hydroxylation is 1. The van der Waals surface area contributed by atoms with E-state index < -0.39 is 5.60 Å². The molecule has 1 aliphatic heterocycles. The van der Waals surface area contributed by atoms with Gasteiger partial charge in [-0.05, 0) is 53.5 Å². The third-order valence-corrected chi connectivity index (χ3v) is 6.87. The summed E-state index contributed by atoms with van der Waals surface area (Å²) in [4.78, 5) is 11.4. The molecule has 0 spiro atoms.